The van der Waals surface area contributed by atoms with Crippen molar-refractivity contribution in [2.24, 2.45) is 11.8 Å². The molecule has 0 spiro atoms. The van der Waals surface area contributed by atoms with Crippen LogP contribution in [0.1, 0.15) is 58.3 Å². The SMILES string of the molecule is CCNc1cc(N2CCCC(CCC(=O)N3CCCC(CN4CCCC4)C3)C2)ncn1. The van der Waals surface area contributed by atoms with Gasteiger partial charge < -0.3 is 20.0 Å². The summed E-state index contributed by atoms with van der Waals surface area (Å²) in [5.41, 5.74) is 0. The second-order valence-corrected chi connectivity index (χ2v) is 9.64. The average molecular weight is 429 g/mol. The molecule has 1 aromatic rings. The van der Waals surface area contributed by atoms with Crippen LogP contribution in [-0.4, -0.2) is 78.0 Å². The highest BCUT2D eigenvalue weighted by Gasteiger charge is 2.27. The maximum atomic E-state index is 13.0. The summed E-state index contributed by atoms with van der Waals surface area (Å²) in [4.78, 5) is 28.9. The zero-order valence-corrected chi connectivity index (χ0v) is 19.3. The van der Waals surface area contributed by atoms with Crippen LogP contribution in [0, 0.1) is 11.8 Å². The Labute approximate surface area is 187 Å². The first-order chi connectivity index (χ1) is 15.2. The van der Waals surface area contributed by atoms with Crippen LogP contribution in [0.15, 0.2) is 12.4 Å². The Balaban J connectivity index is 1.23. The average Bonchev–Trinajstić information content (AvgIpc) is 3.31. The van der Waals surface area contributed by atoms with Crippen molar-refractivity contribution in [3.63, 3.8) is 0 Å². The minimum Gasteiger partial charge on any atom is -0.370 e. The Kier molecular flexibility index (Phi) is 8.00. The Morgan fingerprint density at radius 1 is 1.03 bits per heavy atom. The Hall–Kier alpha value is -1.89. The molecule has 7 nitrogen and oxygen atoms in total. The van der Waals surface area contributed by atoms with E-state index in [1.165, 1.54) is 58.2 Å². The van der Waals surface area contributed by atoms with Crippen LogP contribution >= 0.6 is 0 Å². The smallest absolute Gasteiger partial charge is 0.222 e. The predicted molar refractivity (Wildman–Crippen MR) is 125 cm³/mol. The van der Waals surface area contributed by atoms with Crippen molar-refractivity contribution < 1.29 is 4.79 Å². The lowest BCUT2D eigenvalue weighted by molar-refractivity contribution is -0.133. The van der Waals surface area contributed by atoms with E-state index in [-0.39, 0.29) is 0 Å². The first kappa shape index (κ1) is 22.3. The van der Waals surface area contributed by atoms with E-state index in [1.54, 1.807) is 6.33 Å². The largest absolute Gasteiger partial charge is 0.370 e. The normalized spacial score (nSPS) is 25.1. The first-order valence-corrected chi connectivity index (χ1v) is 12.5. The topological polar surface area (TPSA) is 64.6 Å². The molecule has 3 fully saturated rings. The number of rotatable bonds is 8. The number of anilines is 2. The third-order valence-corrected chi connectivity index (χ3v) is 7.21. The fraction of sp³-hybridized carbons (Fsp3) is 0.792. The lowest BCUT2D eigenvalue weighted by Gasteiger charge is -2.36. The highest BCUT2D eigenvalue weighted by atomic mass is 16.2. The molecule has 4 heterocycles. The van der Waals surface area contributed by atoms with Crippen molar-refractivity contribution in [2.75, 3.05) is 62.6 Å². The number of aromatic nitrogens is 2. The summed E-state index contributed by atoms with van der Waals surface area (Å²) in [5.74, 6) is 3.51. The molecule has 0 bridgehead atoms. The summed E-state index contributed by atoms with van der Waals surface area (Å²) in [6.07, 6.45) is 10.9. The molecule has 3 aliphatic heterocycles. The predicted octanol–water partition coefficient (Wildman–Crippen LogP) is 3.24. The van der Waals surface area contributed by atoms with E-state index < -0.39 is 0 Å². The van der Waals surface area contributed by atoms with Crippen molar-refractivity contribution in [2.45, 2.75) is 58.3 Å². The molecule has 0 saturated carbocycles. The molecule has 172 valence electrons. The third kappa shape index (κ3) is 6.31. The van der Waals surface area contributed by atoms with Gasteiger partial charge in [0.25, 0.3) is 0 Å². The van der Waals surface area contributed by atoms with Crippen molar-refractivity contribution >= 4 is 17.5 Å². The number of nitrogens with one attached hydrogen (secondary N) is 1. The van der Waals surface area contributed by atoms with Crippen molar-refractivity contribution in [3.8, 4) is 0 Å². The Morgan fingerprint density at radius 3 is 2.68 bits per heavy atom. The van der Waals surface area contributed by atoms with Crippen LogP contribution in [0.3, 0.4) is 0 Å². The fourth-order valence-corrected chi connectivity index (χ4v) is 5.56. The monoisotopic (exact) mass is 428 g/mol. The summed E-state index contributed by atoms with van der Waals surface area (Å²) < 4.78 is 0. The van der Waals surface area contributed by atoms with Gasteiger partial charge in [-0.2, -0.15) is 0 Å². The quantitative estimate of drug-likeness (QED) is 0.686. The van der Waals surface area contributed by atoms with Crippen LogP contribution in [-0.2, 0) is 4.79 Å². The summed E-state index contributed by atoms with van der Waals surface area (Å²) in [5, 5.41) is 3.27. The molecule has 0 aromatic carbocycles. The van der Waals surface area contributed by atoms with Crippen molar-refractivity contribution in [1.82, 2.24) is 19.8 Å². The molecular weight excluding hydrogens is 388 g/mol. The number of piperidine rings is 2. The Bertz CT molecular complexity index is 707. The van der Waals surface area contributed by atoms with Gasteiger partial charge in [0.15, 0.2) is 0 Å². The van der Waals surface area contributed by atoms with Gasteiger partial charge in [-0.3, -0.25) is 4.79 Å². The molecule has 0 radical (unpaired) electrons. The minimum atomic E-state index is 0.375. The Morgan fingerprint density at radius 2 is 1.84 bits per heavy atom. The number of hydrogen-bond donors (Lipinski definition) is 1. The number of nitrogens with zero attached hydrogens (tertiary/aromatic N) is 5. The second-order valence-electron chi connectivity index (χ2n) is 9.64. The van der Waals surface area contributed by atoms with Crippen LogP contribution in [0.5, 0.6) is 0 Å². The molecule has 3 saturated heterocycles. The number of amides is 1. The zero-order valence-electron chi connectivity index (χ0n) is 19.3. The molecule has 1 amide bonds. The molecule has 31 heavy (non-hydrogen) atoms. The van der Waals surface area contributed by atoms with Crippen LogP contribution in [0.25, 0.3) is 0 Å². The standard InChI is InChI=1S/C24H40N6O/c1-2-25-22-15-23(27-19-26-22)29-13-5-7-20(17-29)9-10-24(31)30-14-6-8-21(18-30)16-28-11-3-4-12-28/h15,19-21H,2-14,16-18H2,1H3,(H,25,26,27). The highest BCUT2D eigenvalue weighted by molar-refractivity contribution is 5.76. The van der Waals surface area contributed by atoms with Gasteiger partial charge >= 0.3 is 0 Å². The summed E-state index contributed by atoms with van der Waals surface area (Å²) >= 11 is 0. The summed E-state index contributed by atoms with van der Waals surface area (Å²) in [6, 6.07) is 2.05. The number of carbonyl (C=O) groups excluding carboxylic acids is 1. The molecular formula is C24H40N6O. The molecule has 1 aromatic heterocycles. The first-order valence-electron chi connectivity index (χ1n) is 12.5. The molecule has 1 N–H and O–H groups in total. The number of likely N-dealkylation sites (tertiary alicyclic amines) is 2. The molecule has 2 atom stereocenters. The lowest BCUT2D eigenvalue weighted by atomic mass is 9.92. The van der Waals surface area contributed by atoms with E-state index >= 15 is 0 Å². The number of carbonyl (C=O) groups is 1. The maximum Gasteiger partial charge on any atom is 0.222 e. The minimum absolute atomic E-state index is 0.375. The molecule has 4 rings (SSSR count). The molecule has 3 aliphatic rings. The van der Waals surface area contributed by atoms with Crippen LogP contribution < -0.4 is 10.2 Å². The van der Waals surface area contributed by atoms with Gasteiger partial charge in [0, 0.05) is 51.8 Å². The van der Waals surface area contributed by atoms with Crippen LogP contribution in [0.2, 0.25) is 0 Å². The summed E-state index contributed by atoms with van der Waals surface area (Å²) in [6.45, 7) is 10.6. The van der Waals surface area contributed by atoms with Gasteiger partial charge in [-0.1, -0.05) is 0 Å². The molecule has 7 heteroatoms. The lowest BCUT2D eigenvalue weighted by Crippen LogP contribution is -2.43. The fourth-order valence-electron chi connectivity index (χ4n) is 5.56. The van der Waals surface area contributed by atoms with Crippen molar-refractivity contribution in [1.29, 1.82) is 0 Å². The van der Waals surface area contributed by atoms with E-state index in [0.717, 1.165) is 50.8 Å². The third-order valence-electron chi connectivity index (χ3n) is 7.21. The van der Waals surface area contributed by atoms with Crippen molar-refractivity contribution in [3.05, 3.63) is 12.4 Å². The van der Waals surface area contributed by atoms with E-state index in [0.29, 0.717) is 24.2 Å². The van der Waals surface area contributed by atoms with Gasteiger partial charge in [-0.15, -0.1) is 0 Å². The van der Waals surface area contributed by atoms with E-state index in [1.807, 2.05) is 6.07 Å². The second kappa shape index (κ2) is 11.1. The van der Waals surface area contributed by atoms with Gasteiger partial charge in [0.05, 0.1) is 0 Å². The maximum absolute atomic E-state index is 13.0. The molecule has 2 unspecified atom stereocenters. The van der Waals surface area contributed by atoms with Gasteiger partial charge in [-0.05, 0) is 76.8 Å². The number of hydrogen-bond acceptors (Lipinski definition) is 6. The van der Waals surface area contributed by atoms with Crippen LogP contribution in [0.4, 0.5) is 11.6 Å². The van der Waals surface area contributed by atoms with Gasteiger partial charge in [0.2, 0.25) is 5.91 Å². The van der Waals surface area contributed by atoms with Gasteiger partial charge in [0.1, 0.15) is 18.0 Å². The zero-order chi connectivity index (χ0) is 21.5. The summed E-state index contributed by atoms with van der Waals surface area (Å²) in [7, 11) is 0. The highest BCUT2D eigenvalue weighted by Crippen LogP contribution is 2.27. The van der Waals surface area contributed by atoms with Gasteiger partial charge in [-0.25, -0.2) is 9.97 Å². The van der Waals surface area contributed by atoms with E-state index in [4.69, 9.17) is 0 Å². The van der Waals surface area contributed by atoms with E-state index in [9.17, 15) is 4.79 Å². The molecule has 0 aliphatic carbocycles. The van der Waals surface area contributed by atoms with E-state index in [2.05, 4.69) is 36.9 Å².